The molecule has 2 aliphatic rings. The van der Waals surface area contributed by atoms with E-state index in [1.54, 1.807) is 0 Å². The van der Waals surface area contributed by atoms with Gasteiger partial charge in [0.05, 0.1) is 0 Å². The van der Waals surface area contributed by atoms with Crippen LogP contribution in [0.4, 0.5) is 0 Å². The van der Waals surface area contributed by atoms with Crippen molar-refractivity contribution in [2.24, 2.45) is 5.92 Å². The van der Waals surface area contributed by atoms with Crippen LogP contribution in [0.1, 0.15) is 29.2 Å². The van der Waals surface area contributed by atoms with E-state index in [9.17, 15) is 0 Å². The molecule has 0 aliphatic heterocycles. The van der Waals surface area contributed by atoms with E-state index in [2.05, 4.69) is 104 Å². The summed E-state index contributed by atoms with van der Waals surface area (Å²) in [6.07, 6.45) is 10.1. The van der Waals surface area contributed by atoms with Gasteiger partial charge in [0.2, 0.25) is 0 Å². The maximum atomic E-state index is 2.41. The SMILES string of the molecule is CC(c1ccccc1)(c1cccc2c1Cc1ccccc1-2)C1C=CC=C1. The van der Waals surface area contributed by atoms with Crippen LogP contribution in [0.25, 0.3) is 11.1 Å². The molecule has 1 atom stereocenters. The van der Waals surface area contributed by atoms with Gasteiger partial charge >= 0.3 is 0 Å². The second-order valence-electron chi connectivity index (χ2n) is 7.53. The maximum Gasteiger partial charge on any atom is 0.0275 e. The van der Waals surface area contributed by atoms with E-state index in [0.29, 0.717) is 5.92 Å². The first kappa shape index (κ1) is 15.4. The molecule has 0 nitrogen and oxygen atoms in total. The molecule has 0 N–H and O–H groups in total. The smallest absolute Gasteiger partial charge is 0.0275 e. The van der Waals surface area contributed by atoms with Gasteiger partial charge in [-0.15, -0.1) is 0 Å². The molecule has 0 heteroatoms. The van der Waals surface area contributed by atoms with Crippen LogP contribution in [0.15, 0.2) is 97.1 Å². The standard InChI is InChI=1S/C26H22/c1-26(21-13-6-7-14-21,20-11-3-2-4-12-20)25-17-9-16-23-22-15-8-5-10-19(22)18-24(23)25/h2-17,21H,18H2,1H3. The summed E-state index contributed by atoms with van der Waals surface area (Å²) < 4.78 is 0. The molecule has 0 radical (unpaired) electrons. The van der Waals surface area contributed by atoms with Gasteiger partial charge in [-0.1, -0.05) is 104 Å². The second-order valence-corrected chi connectivity index (χ2v) is 7.53. The summed E-state index contributed by atoms with van der Waals surface area (Å²) in [5, 5.41) is 0. The Morgan fingerprint density at radius 3 is 2.23 bits per heavy atom. The molecule has 0 aromatic heterocycles. The van der Waals surface area contributed by atoms with Crippen molar-refractivity contribution in [3.8, 4) is 11.1 Å². The van der Waals surface area contributed by atoms with Gasteiger partial charge in [-0.2, -0.15) is 0 Å². The average molecular weight is 334 g/mol. The quantitative estimate of drug-likeness (QED) is 0.412. The number of fused-ring (bicyclic) bond motifs is 3. The highest BCUT2D eigenvalue weighted by molar-refractivity contribution is 5.78. The zero-order valence-electron chi connectivity index (χ0n) is 15.0. The Hall–Kier alpha value is -2.86. The van der Waals surface area contributed by atoms with Gasteiger partial charge in [-0.25, -0.2) is 0 Å². The second kappa shape index (κ2) is 5.85. The lowest BCUT2D eigenvalue weighted by molar-refractivity contribution is 0.485. The molecule has 0 spiro atoms. The largest absolute Gasteiger partial charge is 0.0764 e. The third-order valence-electron chi connectivity index (χ3n) is 6.20. The fraction of sp³-hybridized carbons (Fsp3) is 0.154. The number of benzene rings is 3. The van der Waals surface area contributed by atoms with Crippen LogP contribution in [0.5, 0.6) is 0 Å². The Balaban J connectivity index is 1.75. The number of rotatable bonds is 3. The van der Waals surface area contributed by atoms with Crippen LogP contribution in [0.2, 0.25) is 0 Å². The normalized spacial score (nSPS) is 17.1. The number of hydrogen-bond acceptors (Lipinski definition) is 0. The molecular formula is C26H22. The molecule has 3 aromatic carbocycles. The van der Waals surface area contributed by atoms with E-state index in [1.807, 2.05) is 0 Å². The lowest BCUT2D eigenvalue weighted by Crippen LogP contribution is -2.32. The zero-order valence-corrected chi connectivity index (χ0v) is 15.0. The Labute approximate surface area is 155 Å². The van der Waals surface area contributed by atoms with Crippen LogP contribution >= 0.6 is 0 Å². The summed E-state index contributed by atoms with van der Waals surface area (Å²) in [6.45, 7) is 2.41. The first-order valence-electron chi connectivity index (χ1n) is 9.39. The zero-order chi connectivity index (χ0) is 17.6. The van der Waals surface area contributed by atoms with Crippen molar-refractivity contribution in [2.45, 2.75) is 18.8 Å². The summed E-state index contributed by atoms with van der Waals surface area (Å²) >= 11 is 0. The molecule has 3 aromatic rings. The van der Waals surface area contributed by atoms with Crippen LogP contribution in [0.3, 0.4) is 0 Å². The minimum Gasteiger partial charge on any atom is -0.0764 e. The highest BCUT2D eigenvalue weighted by Gasteiger charge is 2.38. The third-order valence-corrected chi connectivity index (χ3v) is 6.20. The molecule has 0 saturated carbocycles. The topological polar surface area (TPSA) is 0 Å². The molecule has 1 unspecified atom stereocenters. The first-order valence-corrected chi connectivity index (χ1v) is 9.39. The molecule has 0 amide bonds. The highest BCUT2D eigenvalue weighted by Crippen LogP contribution is 2.48. The Bertz CT molecular complexity index is 1010. The number of hydrogen-bond donors (Lipinski definition) is 0. The molecular weight excluding hydrogens is 312 g/mol. The van der Waals surface area contributed by atoms with E-state index >= 15 is 0 Å². The Morgan fingerprint density at radius 2 is 1.42 bits per heavy atom. The molecule has 2 aliphatic carbocycles. The highest BCUT2D eigenvalue weighted by atomic mass is 14.4. The van der Waals surface area contributed by atoms with E-state index < -0.39 is 0 Å². The van der Waals surface area contributed by atoms with Crippen molar-refractivity contribution >= 4 is 0 Å². The van der Waals surface area contributed by atoms with Crippen molar-refractivity contribution in [1.82, 2.24) is 0 Å². The Kier molecular flexibility index (Phi) is 3.46. The molecule has 0 bridgehead atoms. The van der Waals surface area contributed by atoms with Crippen molar-refractivity contribution < 1.29 is 0 Å². The third kappa shape index (κ3) is 2.15. The van der Waals surface area contributed by atoms with Gasteiger partial charge in [0.15, 0.2) is 0 Å². The van der Waals surface area contributed by atoms with E-state index in [-0.39, 0.29) is 5.41 Å². The van der Waals surface area contributed by atoms with Gasteiger partial charge in [-0.05, 0) is 39.8 Å². The molecule has 126 valence electrons. The van der Waals surface area contributed by atoms with Crippen molar-refractivity contribution in [3.63, 3.8) is 0 Å². The fourth-order valence-corrected chi connectivity index (χ4v) is 4.77. The van der Waals surface area contributed by atoms with E-state index in [0.717, 1.165) is 6.42 Å². The van der Waals surface area contributed by atoms with E-state index in [1.165, 1.54) is 33.4 Å². The minimum absolute atomic E-state index is 0.0713. The summed E-state index contributed by atoms with van der Waals surface area (Å²) in [5.41, 5.74) is 8.52. The lowest BCUT2D eigenvalue weighted by atomic mass is 9.66. The van der Waals surface area contributed by atoms with Gasteiger partial charge in [0.25, 0.3) is 0 Å². The van der Waals surface area contributed by atoms with Crippen molar-refractivity contribution in [2.75, 3.05) is 0 Å². The summed E-state index contributed by atoms with van der Waals surface area (Å²) in [6, 6.07) is 26.7. The molecule has 26 heavy (non-hydrogen) atoms. The van der Waals surface area contributed by atoms with Gasteiger partial charge in [0.1, 0.15) is 0 Å². The van der Waals surface area contributed by atoms with Gasteiger partial charge < -0.3 is 0 Å². The van der Waals surface area contributed by atoms with Crippen LogP contribution in [-0.4, -0.2) is 0 Å². The summed E-state index contributed by atoms with van der Waals surface area (Å²) in [4.78, 5) is 0. The minimum atomic E-state index is -0.0713. The predicted molar refractivity (Wildman–Crippen MR) is 109 cm³/mol. The predicted octanol–water partition coefficient (Wildman–Crippen LogP) is 6.31. The molecule has 5 rings (SSSR count). The fourth-order valence-electron chi connectivity index (χ4n) is 4.77. The van der Waals surface area contributed by atoms with Gasteiger partial charge in [0, 0.05) is 11.3 Å². The first-order chi connectivity index (χ1) is 12.8. The van der Waals surface area contributed by atoms with Crippen molar-refractivity contribution in [1.29, 1.82) is 0 Å². The maximum absolute atomic E-state index is 2.41. The molecule has 0 heterocycles. The monoisotopic (exact) mass is 334 g/mol. The lowest BCUT2D eigenvalue weighted by Gasteiger charge is -2.37. The van der Waals surface area contributed by atoms with E-state index in [4.69, 9.17) is 0 Å². The van der Waals surface area contributed by atoms with Crippen LogP contribution in [-0.2, 0) is 11.8 Å². The van der Waals surface area contributed by atoms with Crippen molar-refractivity contribution in [3.05, 3.63) is 119 Å². The average Bonchev–Trinajstić information content (AvgIpc) is 3.36. The summed E-state index contributed by atoms with van der Waals surface area (Å²) in [7, 11) is 0. The number of allylic oxidation sites excluding steroid dienone is 4. The summed E-state index contributed by atoms with van der Waals surface area (Å²) in [5.74, 6) is 0.375. The molecule has 0 saturated heterocycles. The van der Waals surface area contributed by atoms with Crippen LogP contribution < -0.4 is 0 Å². The molecule has 0 fully saturated rings. The Morgan fingerprint density at radius 1 is 0.731 bits per heavy atom. The van der Waals surface area contributed by atoms with Gasteiger partial charge in [-0.3, -0.25) is 0 Å². The van der Waals surface area contributed by atoms with Crippen LogP contribution in [0, 0.1) is 5.92 Å².